The van der Waals surface area contributed by atoms with Crippen molar-refractivity contribution in [2.45, 2.75) is 34.2 Å². The van der Waals surface area contributed by atoms with Crippen LogP contribution in [0.2, 0.25) is 0 Å². The van der Waals surface area contributed by atoms with Gasteiger partial charge in [0.15, 0.2) is 0 Å². The van der Waals surface area contributed by atoms with Gasteiger partial charge in [0.2, 0.25) is 5.91 Å². The van der Waals surface area contributed by atoms with Crippen LogP contribution >= 0.6 is 0 Å². The molecule has 6 nitrogen and oxygen atoms in total. The Morgan fingerprint density at radius 2 is 2.10 bits per heavy atom. The molecular formula is C14H23N3O3. The van der Waals surface area contributed by atoms with E-state index in [2.05, 4.69) is 9.97 Å². The molecule has 1 amide bonds. The molecule has 0 aliphatic rings. The fourth-order valence-corrected chi connectivity index (χ4v) is 1.96. The van der Waals surface area contributed by atoms with Crippen molar-refractivity contribution in [2.24, 2.45) is 11.3 Å². The molecule has 0 saturated heterocycles. The van der Waals surface area contributed by atoms with Crippen LogP contribution in [0.25, 0.3) is 0 Å². The van der Waals surface area contributed by atoms with Gasteiger partial charge in [0, 0.05) is 19.4 Å². The third kappa shape index (κ3) is 4.08. The summed E-state index contributed by atoms with van der Waals surface area (Å²) in [6, 6.07) is 0. The average Bonchev–Trinajstić information content (AvgIpc) is 2.80. The summed E-state index contributed by atoms with van der Waals surface area (Å²) in [7, 11) is 1.66. The van der Waals surface area contributed by atoms with Crippen LogP contribution in [-0.2, 0) is 20.9 Å². The van der Waals surface area contributed by atoms with Gasteiger partial charge in [-0.2, -0.15) is 0 Å². The van der Waals surface area contributed by atoms with Gasteiger partial charge in [-0.1, -0.05) is 20.8 Å². The third-order valence-corrected chi connectivity index (χ3v) is 2.95. The van der Waals surface area contributed by atoms with Gasteiger partial charge < -0.3 is 14.6 Å². The van der Waals surface area contributed by atoms with Gasteiger partial charge in [-0.15, -0.1) is 0 Å². The Balaban J connectivity index is 2.84. The fraction of sp³-hybridized carbons (Fsp3) is 0.643. The molecule has 112 valence electrons. The van der Waals surface area contributed by atoms with E-state index in [1.807, 2.05) is 20.8 Å². The minimum absolute atomic E-state index is 0.257. The molecule has 1 N–H and O–H groups in total. The van der Waals surface area contributed by atoms with Crippen LogP contribution in [0.3, 0.4) is 0 Å². The van der Waals surface area contributed by atoms with E-state index < -0.39 is 17.3 Å². The molecule has 1 atom stereocenters. The summed E-state index contributed by atoms with van der Waals surface area (Å²) >= 11 is 0. The lowest BCUT2D eigenvalue weighted by Crippen LogP contribution is -2.44. The number of aromatic amines is 1. The van der Waals surface area contributed by atoms with E-state index in [4.69, 9.17) is 4.74 Å². The van der Waals surface area contributed by atoms with E-state index in [1.54, 1.807) is 26.4 Å². The standard InChI is InChI=1S/C14H23N3O3/c1-6-20-13(19)11(14(2,3)4)12(18)17(5)9-10-15-7-8-16-10/h7-8,11H,6,9H2,1-5H3,(H,15,16). The quantitative estimate of drug-likeness (QED) is 0.657. The van der Waals surface area contributed by atoms with Crippen molar-refractivity contribution >= 4 is 11.9 Å². The zero-order valence-electron chi connectivity index (χ0n) is 12.8. The van der Waals surface area contributed by atoms with Gasteiger partial charge in [0.25, 0.3) is 0 Å². The Morgan fingerprint density at radius 1 is 1.45 bits per heavy atom. The number of rotatable bonds is 5. The molecule has 0 fully saturated rings. The molecule has 20 heavy (non-hydrogen) atoms. The molecule has 1 rings (SSSR count). The number of nitrogens with zero attached hydrogens (tertiary/aromatic N) is 2. The first-order chi connectivity index (χ1) is 9.27. The number of esters is 1. The maximum absolute atomic E-state index is 12.5. The lowest BCUT2D eigenvalue weighted by Gasteiger charge is -2.30. The van der Waals surface area contributed by atoms with Crippen LogP contribution in [0, 0.1) is 11.3 Å². The first-order valence-corrected chi connectivity index (χ1v) is 6.67. The van der Waals surface area contributed by atoms with Crippen molar-refractivity contribution in [1.82, 2.24) is 14.9 Å². The van der Waals surface area contributed by atoms with Gasteiger partial charge in [0.1, 0.15) is 11.7 Å². The van der Waals surface area contributed by atoms with E-state index in [9.17, 15) is 9.59 Å². The number of hydrogen-bond donors (Lipinski definition) is 1. The van der Waals surface area contributed by atoms with E-state index in [0.29, 0.717) is 12.4 Å². The van der Waals surface area contributed by atoms with Crippen molar-refractivity contribution in [1.29, 1.82) is 0 Å². The Hall–Kier alpha value is -1.85. The molecular weight excluding hydrogens is 258 g/mol. The van der Waals surface area contributed by atoms with E-state index in [1.165, 1.54) is 4.90 Å². The molecule has 6 heteroatoms. The van der Waals surface area contributed by atoms with Gasteiger partial charge >= 0.3 is 5.97 Å². The topological polar surface area (TPSA) is 75.3 Å². The van der Waals surface area contributed by atoms with Crippen molar-refractivity contribution in [3.63, 3.8) is 0 Å². The second-order valence-corrected chi connectivity index (χ2v) is 5.78. The second-order valence-electron chi connectivity index (χ2n) is 5.78. The van der Waals surface area contributed by atoms with Crippen molar-refractivity contribution in [2.75, 3.05) is 13.7 Å². The summed E-state index contributed by atoms with van der Waals surface area (Å²) < 4.78 is 5.03. The molecule has 0 saturated carbocycles. The minimum atomic E-state index is -0.817. The number of imidazole rings is 1. The minimum Gasteiger partial charge on any atom is -0.465 e. The predicted molar refractivity (Wildman–Crippen MR) is 74.6 cm³/mol. The fourth-order valence-electron chi connectivity index (χ4n) is 1.96. The Labute approximate surface area is 119 Å². The zero-order chi connectivity index (χ0) is 15.3. The molecule has 1 aromatic heterocycles. The molecule has 0 aromatic carbocycles. The maximum atomic E-state index is 12.5. The molecule has 0 aliphatic heterocycles. The number of aromatic nitrogens is 2. The highest BCUT2D eigenvalue weighted by Crippen LogP contribution is 2.29. The molecule has 0 spiro atoms. The van der Waals surface area contributed by atoms with E-state index in [0.717, 1.165) is 0 Å². The summed E-state index contributed by atoms with van der Waals surface area (Å²) in [5.41, 5.74) is -0.499. The maximum Gasteiger partial charge on any atom is 0.319 e. The van der Waals surface area contributed by atoms with Crippen molar-refractivity contribution in [3.8, 4) is 0 Å². The molecule has 1 aromatic rings. The van der Waals surface area contributed by atoms with Crippen LogP contribution in [0.1, 0.15) is 33.5 Å². The number of ether oxygens (including phenoxy) is 1. The number of H-pyrrole nitrogens is 1. The largest absolute Gasteiger partial charge is 0.465 e. The summed E-state index contributed by atoms with van der Waals surface area (Å²) in [4.78, 5) is 33.1. The Morgan fingerprint density at radius 3 is 2.55 bits per heavy atom. The number of nitrogens with one attached hydrogen (secondary N) is 1. The monoisotopic (exact) mass is 281 g/mol. The first kappa shape index (κ1) is 16.2. The number of amides is 1. The molecule has 0 radical (unpaired) electrons. The smallest absolute Gasteiger partial charge is 0.319 e. The van der Waals surface area contributed by atoms with Gasteiger partial charge in [0.05, 0.1) is 13.2 Å². The molecule has 1 unspecified atom stereocenters. The van der Waals surface area contributed by atoms with Crippen LogP contribution in [0.15, 0.2) is 12.4 Å². The number of carbonyl (C=O) groups excluding carboxylic acids is 2. The highest BCUT2D eigenvalue weighted by molar-refractivity contribution is 5.98. The highest BCUT2D eigenvalue weighted by atomic mass is 16.5. The van der Waals surface area contributed by atoms with Crippen molar-refractivity contribution < 1.29 is 14.3 Å². The zero-order valence-corrected chi connectivity index (χ0v) is 12.8. The number of carbonyl (C=O) groups is 2. The lowest BCUT2D eigenvalue weighted by molar-refractivity contribution is -0.160. The predicted octanol–water partition coefficient (Wildman–Crippen LogP) is 1.59. The van der Waals surface area contributed by atoms with Crippen LogP contribution in [-0.4, -0.2) is 40.4 Å². The van der Waals surface area contributed by atoms with Gasteiger partial charge in [-0.3, -0.25) is 9.59 Å². The van der Waals surface area contributed by atoms with Crippen molar-refractivity contribution in [3.05, 3.63) is 18.2 Å². The van der Waals surface area contributed by atoms with Gasteiger partial charge in [-0.05, 0) is 12.3 Å². The summed E-state index contributed by atoms with van der Waals surface area (Å²) in [6.45, 7) is 7.89. The highest BCUT2D eigenvalue weighted by Gasteiger charge is 2.40. The van der Waals surface area contributed by atoms with Crippen LogP contribution in [0.4, 0.5) is 0 Å². The molecule has 0 aliphatic carbocycles. The third-order valence-electron chi connectivity index (χ3n) is 2.95. The SMILES string of the molecule is CCOC(=O)C(C(=O)N(C)Cc1ncc[nH]1)C(C)(C)C. The summed E-state index contributed by atoms with van der Waals surface area (Å²) in [5.74, 6) is -0.872. The summed E-state index contributed by atoms with van der Waals surface area (Å²) in [5, 5.41) is 0. The van der Waals surface area contributed by atoms with Crippen LogP contribution in [0.5, 0.6) is 0 Å². The Bertz CT molecular complexity index is 449. The number of hydrogen-bond acceptors (Lipinski definition) is 4. The molecule has 1 heterocycles. The second kappa shape index (κ2) is 6.54. The van der Waals surface area contributed by atoms with Crippen LogP contribution < -0.4 is 0 Å². The van der Waals surface area contributed by atoms with E-state index in [-0.39, 0.29) is 12.5 Å². The molecule has 0 bridgehead atoms. The van der Waals surface area contributed by atoms with Gasteiger partial charge in [-0.25, -0.2) is 4.98 Å². The summed E-state index contributed by atoms with van der Waals surface area (Å²) in [6.07, 6.45) is 3.32. The normalized spacial score (nSPS) is 12.8. The average molecular weight is 281 g/mol. The lowest BCUT2D eigenvalue weighted by atomic mass is 9.80. The first-order valence-electron chi connectivity index (χ1n) is 6.67. The Kier molecular flexibility index (Phi) is 5.30. The van der Waals surface area contributed by atoms with E-state index >= 15 is 0 Å².